The number of fused-ring (bicyclic) bond motifs is 1. The van der Waals surface area contributed by atoms with Gasteiger partial charge < -0.3 is 10.6 Å². The lowest BCUT2D eigenvalue weighted by atomic mass is 10.0. The Morgan fingerprint density at radius 2 is 1.74 bits per heavy atom. The molecular formula is C26H25F3N6O2S. The standard InChI is InChI=1S/C26H25F3N6O2S/c1-34(2)18-11-13-35(15-18)38(36,37)19-8-5-16(6-9-19)25-32-22-14-17(7-10-20(22)24(30)33-25)23-21(26(27,28)29)4-3-12-31-23/h3-10,12,14,18H,11,13,15H2,1-2H3,(H2,30,32,33). The number of nitrogens with two attached hydrogens (primary N) is 1. The van der Waals surface area contributed by atoms with Crippen LogP contribution in [0.4, 0.5) is 19.0 Å². The topological polar surface area (TPSA) is 105 Å². The molecule has 38 heavy (non-hydrogen) atoms. The van der Waals surface area contributed by atoms with E-state index in [2.05, 4.69) is 15.0 Å². The van der Waals surface area contributed by atoms with Crippen molar-refractivity contribution < 1.29 is 21.6 Å². The van der Waals surface area contributed by atoms with Crippen LogP contribution in [0.25, 0.3) is 33.5 Å². The largest absolute Gasteiger partial charge is 0.418 e. The van der Waals surface area contributed by atoms with Crippen molar-refractivity contribution >= 4 is 26.7 Å². The Kier molecular flexibility index (Phi) is 6.58. The van der Waals surface area contributed by atoms with Gasteiger partial charge in [-0.2, -0.15) is 17.5 Å². The van der Waals surface area contributed by atoms with Gasteiger partial charge in [0.1, 0.15) is 5.82 Å². The number of sulfonamides is 1. The van der Waals surface area contributed by atoms with Crippen molar-refractivity contribution in [1.29, 1.82) is 0 Å². The molecule has 0 spiro atoms. The number of hydrogen-bond acceptors (Lipinski definition) is 7. The Morgan fingerprint density at radius 1 is 1.03 bits per heavy atom. The number of benzene rings is 2. The fraction of sp³-hybridized carbons (Fsp3) is 0.269. The zero-order valence-corrected chi connectivity index (χ0v) is 21.5. The molecule has 0 bridgehead atoms. The van der Waals surface area contributed by atoms with E-state index in [9.17, 15) is 21.6 Å². The average molecular weight is 543 g/mol. The molecule has 2 N–H and O–H groups in total. The number of nitrogen functional groups attached to an aromatic ring is 1. The molecule has 1 saturated heterocycles. The van der Waals surface area contributed by atoms with Crippen molar-refractivity contribution in [1.82, 2.24) is 24.2 Å². The molecule has 4 aromatic rings. The summed E-state index contributed by atoms with van der Waals surface area (Å²) in [5.74, 6) is 0.374. The van der Waals surface area contributed by atoms with Gasteiger partial charge in [0.2, 0.25) is 10.0 Å². The van der Waals surface area contributed by atoms with Gasteiger partial charge in [-0.1, -0.05) is 6.07 Å². The van der Waals surface area contributed by atoms with Crippen molar-refractivity contribution in [2.45, 2.75) is 23.5 Å². The van der Waals surface area contributed by atoms with Crippen LogP contribution in [0.15, 0.2) is 65.7 Å². The fourth-order valence-electron chi connectivity index (χ4n) is 4.57. The van der Waals surface area contributed by atoms with Gasteiger partial charge >= 0.3 is 6.18 Å². The van der Waals surface area contributed by atoms with E-state index in [-0.39, 0.29) is 33.8 Å². The van der Waals surface area contributed by atoms with Crippen LogP contribution in [0.5, 0.6) is 0 Å². The van der Waals surface area contributed by atoms with Crippen molar-refractivity contribution in [3.05, 3.63) is 66.4 Å². The molecule has 1 fully saturated rings. The summed E-state index contributed by atoms with van der Waals surface area (Å²) < 4.78 is 68.3. The van der Waals surface area contributed by atoms with Crippen LogP contribution in [-0.2, 0) is 16.2 Å². The second-order valence-electron chi connectivity index (χ2n) is 9.36. The lowest BCUT2D eigenvalue weighted by molar-refractivity contribution is -0.137. The predicted molar refractivity (Wildman–Crippen MR) is 138 cm³/mol. The van der Waals surface area contributed by atoms with Gasteiger partial charge in [0, 0.05) is 41.8 Å². The number of anilines is 1. The quantitative estimate of drug-likeness (QED) is 0.401. The molecule has 3 heterocycles. The summed E-state index contributed by atoms with van der Waals surface area (Å²) in [6.07, 6.45) is -2.51. The molecule has 1 unspecified atom stereocenters. The van der Waals surface area contributed by atoms with Crippen LogP contribution in [0.1, 0.15) is 12.0 Å². The second-order valence-corrected chi connectivity index (χ2v) is 11.3. The van der Waals surface area contributed by atoms with Crippen LogP contribution < -0.4 is 5.73 Å². The molecule has 0 aliphatic carbocycles. The molecule has 8 nitrogen and oxygen atoms in total. The van der Waals surface area contributed by atoms with Crippen molar-refractivity contribution in [2.75, 3.05) is 32.9 Å². The first-order valence-corrected chi connectivity index (χ1v) is 13.3. The number of aromatic nitrogens is 3. The average Bonchev–Trinajstić information content (AvgIpc) is 3.40. The van der Waals surface area contributed by atoms with E-state index in [1.165, 1.54) is 40.8 Å². The third-order valence-corrected chi connectivity index (χ3v) is 8.60. The van der Waals surface area contributed by atoms with Crippen LogP contribution in [-0.4, -0.2) is 65.8 Å². The van der Waals surface area contributed by atoms with Crippen molar-refractivity contribution in [3.63, 3.8) is 0 Å². The highest BCUT2D eigenvalue weighted by molar-refractivity contribution is 7.89. The van der Waals surface area contributed by atoms with Gasteiger partial charge in [0.15, 0.2) is 5.82 Å². The minimum absolute atomic E-state index is 0.150. The van der Waals surface area contributed by atoms with E-state index in [4.69, 9.17) is 5.73 Å². The molecule has 198 valence electrons. The summed E-state index contributed by atoms with van der Waals surface area (Å²) in [6.45, 7) is 0.877. The first kappa shape index (κ1) is 26.0. The predicted octanol–water partition coefficient (Wildman–Crippen LogP) is 4.28. The SMILES string of the molecule is CN(C)C1CCN(S(=O)(=O)c2ccc(-c3nc(N)c4ccc(-c5ncccc5C(F)(F)F)cc4n3)cc2)C1. The number of likely N-dealkylation sites (N-methyl/N-ethyl adjacent to an activating group) is 1. The molecular weight excluding hydrogens is 517 g/mol. The van der Waals surface area contributed by atoms with Crippen LogP contribution in [0, 0.1) is 0 Å². The van der Waals surface area contributed by atoms with E-state index >= 15 is 0 Å². The highest BCUT2D eigenvalue weighted by Gasteiger charge is 2.35. The van der Waals surface area contributed by atoms with Crippen LogP contribution in [0.3, 0.4) is 0 Å². The van der Waals surface area contributed by atoms with Gasteiger partial charge in [0.05, 0.1) is 21.7 Å². The summed E-state index contributed by atoms with van der Waals surface area (Å²) in [7, 11) is 0.203. The lowest BCUT2D eigenvalue weighted by Crippen LogP contribution is -2.34. The van der Waals surface area contributed by atoms with Crippen molar-refractivity contribution in [3.8, 4) is 22.6 Å². The van der Waals surface area contributed by atoms with Crippen LogP contribution in [0.2, 0.25) is 0 Å². The number of hydrogen-bond donors (Lipinski definition) is 1. The molecule has 1 aliphatic heterocycles. The first-order valence-electron chi connectivity index (χ1n) is 11.8. The molecule has 12 heteroatoms. The van der Waals surface area contributed by atoms with Crippen LogP contribution >= 0.6 is 0 Å². The fourth-order valence-corrected chi connectivity index (χ4v) is 6.06. The van der Waals surface area contributed by atoms with E-state index < -0.39 is 21.8 Å². The molecule has 0 amide bonds. The molecule has 2 aromatic heterocycles. The van der Waals surface area contributed by atoms with Gasteiger partial charge in [0.25, 0.3) is 0 Å². The number of nitrogens with zero attached hydrogens (tertiary/aromatic N) is 5. The zero-order valence-electron chi connectivity index (χ0n) is 20.6. The van der Waals surface area contributed by atoms with Gasteiger partial charge in [-0.25, -0.2) is 18.4 Å². The van der Waals surface area contributed by atoms with Gasteiger partial charge in [-0.15, -0.1) is 0 Å². The van der Waals surface area contributed by atoms with Gasteiger partial charge in [-0.3, -0.25) is 4.98 Å². The molecule has 5 rings (SSSR count). The molecule has 0 radical (unpaired) electrons. The third kappa shape index (κ3) is 4.82. The lowest BCUT2D eigenvalue weighted by Gasteiger charge is -2.20. The Morgan fingerprint density at radius 3 is 2.39 bits per heavy atom. The maximum Gasteiger partial charge on any atom is 0.418 e. The monoisotopic (exact) mass is 542 g/mol. The summed E-state index contributed by atoms with van der Waals surface area (Å²) in [5.41, 5.74) is 6.17. The molecule has 0 saturated carbocycles. The van der Waals surface area contributed by atoms with E-state index in [1.54, 1.807) is 18.2 Å². The highest BCUT2D eigenvalue weighted by atomic mass is 32.2. The Bertz CT molecular complexity index is 1610. The normalized spacial score (nSPS) is 16.9. The molecule has 2 aromatic carbocycles. The summed E-state index contributed by atoms with van der Waals surface area (Å²) >= 11 is 0. The Hall–Kier alpha value is -3.61. The maximum atomic E-state index is 13.5. The molecule has 1 atom stereocenters. The number of rotatable bonds is 5. The number of alkyl halides is 3. The Balaban J connectivity index is 1.49. The third-order valence-electron chi connectivity index (χ3n) is 6.72. The van der Waals surface area contributed by atoms with Gasteiger partial charge in [-0.05, 0) is 69.0 Å². The summed E-state index contributed by atoms with van der Waals surface area (Å²) in [6, 6.07) is 13.1. The van der Waals surface area contributed by atoms with E-state index in [1.807, 2.05) is 19.0 Å². The minimum Gasteiger partial charge on any atom is -0.383 e. The van der Waals surface area contributed by atoms with E-state index in [0.29, 0.717) is 29.6 Å². The molecule has 1 aliphatic rings. The minimum atomic E-state index is -4.57. The van der Waals surface area contributed by atoms with Crippen molar-refractivity contribution in [2.24, 2.45) is 0 Å². The summed E-state index contributed by atoms with van der Waals surface area (Å²) in [5, 5.41) is 0.477. The Labute approximate surface area is 218 Å². The first-order chi connectivity index (χ1) is 17.9. The highest BCUT2D eigenvalue weighted by Crippen LogP contribution is 2.37. The maximum absolute atomic E-state index is 13.5. The van der Waals surface area contributed by atoms with E-state index in [0.717, 1.165) is 12.5 Å². The second kappa shape index (κ2) is 9.61. The number of halogens is 3. The smallest absolute Gasteiger partial charge is 0.383 e. The summed E-state index contributed by atoms with van der Waals surface area (Å²) in [4.78, 5) is 15.0. The number of pyridine rings is 1. The zero-order chi connectivity index (χ0) is 27.2.